The fourth-order valence-electron chi connectivity index (χ4n) is 1.71. The first-order valence-corrected chi connectivity index (χ1v) is 7.45. The number of nitrogen functional groups attached to an aromatic ring is 1. The van der Waals surface area contributed by atoms with Crippen molar-refractivity contribution in [3.63, 3.8) is 0 Å². The van der Waals surface area contributed by atoms with Gasteiger partial charge in [0.25, 0.3) is 0 Å². The molecule has 114 valence electrons. The molecule has 2 rings (SSSR count). The second kappa shape index (κ2) is 6.02. The number of sulfonamides is 1. The molecule has 0 fully saturated rings. The number of anilines is 1. The van der Waals surface area contributed by atoms with Gasteiger partial charge in [-0.25, -0.2) is 13.1 Å². The van der Waals surface area contributed by atoms with Crippen LogP contribution in [0.25, 0.3) is 0 Å². The highest BCUT2D eigenvalue weighted by Gasteiger charge is 2.20. The Morgan fingerprint density at radius 3 is 2.67 bits per heavy atom. The van der Waals surface area contributed by atoms with Crippen LogP contribution >= 0.6 is 0 Å². The van der Waals surface area contributed by atoms with E-state index in [1.165, 1.54) is 32.5 Å². The van der Waals surface area contributed by atoms with Crippen molar-refractivity contribution in [3.8, 4) is 11.5 Å². The number of nitrogens with zero attached hydrogens (tertiary/aromatic N) is 1. The van der Waals surface area contributed by atoms with Crippen LogP contribution in [-0.4, -0.2) is 32.8 Å². The van der Waals surface area contributed by atoms with Crippen LogP contribution in [0.3, 0.4) is 0 Å². The molecule has 4 N–H and O–H groups in total. The van der Waals surface area contributed by atoms with Gasteiger partial charge in [-0.2, -0.15) is 5.10 Å². The molecule has 0 aliphatic heterocycles. The Hall–Kier alpha value is -2.26. The van der Waals surface area contributed by atoms with Crippen molar-refractivity contribution in [1.82, 2.24) is 14.9 Å². The largest absolute Gasteiger partial charge is 0.497 e. The van der Waals surface area contributed by atoms with Crippen LogP contribution in [0.1, 0.15) is 5.56 Å². The molecule has 0 radical (unpaired) electrons. The van der Waals surface area contributed by atoms with Gasteiger partial charge in [-0.3, -0.25) is 5.10 Å². The Labute approximate surface area is 122 Å². The topological polar surface area (TPSA) is 119 Å². The van der Waals surface area contributed by atoms with Crippen molar-refractivity contribution in [3.05, 3.63) is 30.0 Å². The van der Waals surface area contributed by atoms with E-state index in [4.69, 9.17) is 15.2 Å². The van der Waals surface area contributed by atoms with Gasteiger partial charge in [0.05, 0.1) is 20.4 Å². The fourth-order valence-corrected chi connectivity index (χ4v) is 2.86. The Morgan fingerprint density at radius 1 is 1.33 bits per heavy atom. The summed E-state index contributed by atoms with van der Waals surface area (Å²) in [6.45, 7) is 0.0276. The third-order valence-electron chi connectivity index (χ3n) is 2.86. The van der Waals surface area contributed by atoms with Crippen molar-refractivity contribution < 1.29 is 17.9 Å². The lowest BCUT2D eigenvalue weighted by atomic mass is 10.3. The fraction of sp³-hybridized carbons (Fsp3) is 0.250. The van der Waals surface area contributed by atoms with Gasteiger partial charge in [0.15, 0.2) is 0 Å². The average Bonchev–Trinajstić information content (AvgIpc) is 2.89. The number of methoxy groups -OCH3 is 2. The van der Waals surface area contributed by atoms with E-state index in [-0.39, 0.29) is 17.2 Å². The molecule has 0 saturated heterocycles. The first-order valence-electron chi connectivity index (χ1n) is 5.97. The number of aromatic amines is 1. The van der Waals surface area contributed by atoms with Crippen LogP contribution < -0.4 is 19.9 Å². The van der Waals surface area contributed by atoms with Gasteiger partial charge in [-0.15, -0.1) is 0 Å². The molecule has 0 spiro atoms. The van der Waals surface area contributed by atoms with Gasteiger partial charge in [0.1, 0.15) is 22.2 Å². The smallest absolute Gasteiger partial charge is 0.244 e. The Bertz CT molecular complexity index is 727. The highest BCUT2D eigenvalue weighted by molar-refractivity contribution is 7.89. The van der Waals surface area contributed by atoms with E-state index in [9.17, 15) is 8.42 Å². The summed E-state index contributed by atoms with van der Waals surface area (Å²) < 4.78 is 37.2. The highest BCUT2D eigenvalue weighted by Crippen LogP contribution is 2.28. The second-order valence-electron chi connectivity index (χ2n) is 4.15. The van der Waals surface area contributed by atoms with Gasteiger partial charge in [-0.05, 0) is 12.1 Å². The van der Waals surface area contributed by atoms with Crippen LogP contribution in [0.15, 0.2) is 29.3 Å². The van der Waals surface area contributed by atoms with E-state index in [1.54, 1.807) is 6.07 Å². The quantitative estimate of drug-likeness (QED) is 0.714. The number of nitrogens with one attached hydrogen (secondary N) is 2. The molecular formula is C12H16N4O4S. The predicted molar refractivity (Wildman–Crippen MR) is 76.6 cm³/mol. The number of hydrogen-bond acceptors (Lipinski definition) is 6. The number of hydrogen-bond donors (Lipinski definition) is 3. The number of nitrogens with two attached hydrogens (primary N) is 1. The minimum Gasteiger partial charge on any atom is -0.497 e. The summed E-state index contributed by atoms with van der Waals surface area (Å²) >= 11 is 0. The Morgan fingerprint density at radius 2 is 2.10 bits per heavy atom. The maximum atomic E-state index is 12.3. The molecule has 0 aliphatic carbocycles. The zero-order valence-corrected chi connectivity index (χ0v) is 12.4. The summed E-state index contributed by atoms with van der Waals surface area (Å²) in [6, 6.07) is 4.46. The lowest BCUT2D eigenvalue weighted by Gasteiger charge is -2.11. The molecular weight excluding hydrogens is 296 g/mol. The molecule has 1 aromatic heterocycles. The standard InChI is InChI=1S/C12H16N4O4S/c1-19-9-3-4-11(10(5-9)20-2)21(17,18)15-7-8-6-14-16-12(8)13/h3-6,15H,7H2,1-2H3,(H3,13,14,16). The van der Waals surface area contributed by atoms with Crippen molar-refractivity contribution in [1.29, 1.82) is 0 Å². The molecule has 0 atom stereocenters. The highest BCUT2D eigenvalue weighted by atomic mass is 32.2. The summed E-state index contributed by atoms with van der Waals surface area (Å²) in [4.78, 5) is 0.0212. The number of benzene rings is 1. The number of ether oxygens (including phenoxy) is 2. The monoisotopic (exact) mass is 312 g/mol. The Balaban J connectivity index is 2.25. The van der Waals surface area contributed by atoms with Crippen molar-refractivity contribution in [2.45, 2.75) is 11.4 Å². The Kier molecular flexibility index (Phi) is 4.34. The van der Waals surface area contributed by atoms with Gasteiger partial charge < -0.3 is 15.2 Å². The third kappa shape index (κ3) is 3.26. The average molecular weight is 312 g/mol. The molecule has 0 amide bonds. The molecule has 21 heavy (non-hydrogen) atoms. The van der Waals surface area contributed by atoms with E-state index in [0.717, 1.165) is 0 Å². The summed E-state index contributed by atoms with van der Waals surface area (Å²) in [7, 11) is -0.869. The second-order valence-corrected chi connectivity index (χ2v) is 5.89. The van der Waals surface area contributed by atoms with Crippen LogP contribution in [0.4, 0.5) is 5.82 Å². The number of aromatic nitrogens is 2. The molecule has 1 heterocycles. The molecule has 0 saturated carbocycles. The predicted octanol–water partition coefficient (Wildman–Crippen LogP) is 0.488. The van der Waals surface area contributed by atoms with Gasteiger partial charge in [0.2, 0.25) is 10.0 Å². The summed E-state index contributed by atoms with van der Waals surface area (Å²) in [5, 5.41) is 6.26. The zero-order chi connectivity index (χ0) is 15.5. The minimum absolute atomic E-state index is 0.0212. The molecule has 8 nitrogen and oxygen atoms in total. The van der Waals surface area contributed by atoms with Crippen LogP contribution in [-0.2, 0) is 16.6 Å². The lowest BCUT2D eigenvalue weighted by Crippen LogP contribution is -2.24. The van der Waals surface area contributed by atoms with Gasteiger partial charge in [0, 0.05) is 18.2 Å². The van der Waals surface area contributed by atoms with Gasteiger partial charge >= 0.3 is 0 Å². The van der Waals surface area contributed by atoms with E-state index < -0.39 is 10.0 Å². The lowest BCUT2D eigenvalue weighted by molar-refractivity contribution is 0.386. The van der Waals surface area contributed by atoms with Crippen LogP contribution in [0.2, 0.25) is 0 Å². The molecule has 2 aromatic rings. The normalized spacial score (nSPS) is 11.3. The van der Waals surface area contributed by atoms with Crippen molar-refractivity contribution in [2.24, 2.45) is 0 Å². The summed E-state index contributed by atoms with van der Waals surface area (Å²) in [6.07, 6.45) is 1.46. The number of rotatable bonds is 6. The van der Waals surface area contributed by atoms with E-state index in [0.29, 0.717) is 17.1 Å². The maximum Gasteiger partial charge on any atom is 0.244 e. The van der Waals surface area contributed by atoms with E-state index in [1.807, 2.05) is 0 Å². The van der Waals surface area contributed by atoms with Crippen LogP contribution in [0, 0.1) is 0 Å². The molecule has 0 aliphatic rings. The summed E-state index contributed by atoms with van der Waals surface area (Å²) in [5.41, 5.74) is 6.17. The van der Waals surface area contributed by atoms with Crippen molar-refractivity contribution in [2.75, 3.05) is 20.0 Å². The molecule has 0 bridgehead atoms. The molecule has 1 aromatic carbocycles. The summed E-state index contributed by atoms with van der Waals surface area (Å²) in [5.74, 6) is 1.02. The van der Waals surface area contributed by atoms with E-state index in [2.05, 4.69) is 14.9 Å². The zero-order valence-electron chi connectivity index (χ0n) is 11.6. The first kappa shape index (κ1) is 15.1. The van der Waals surface area contributed by atoms with Gasteiger partial charge in [-0.1, -0.05) is 0 Å². The van der Waals surface area contributed by atoms with Crippen LogP contribution in [0.5, 0.6) is 11.5 Å². The molecule has 9 heteroatoms. The third-order valence-corrected chi connectivity index (χ3v) is 4.30. The van der Waals surface area contributed by atoms with E-state index >= 15 is 0 Å². The SMILES string of the molecule is COc1ccc(S(=O)(=O)NCc2cn[nH]c2N)c(OC)c1. The maximum absolute atomic E-state index is 12.3. The minimum atomic E-state index is -3.75. The first-order chi connectivity index (χ1) is 9.97. The number of H-pyrrole nitrogens is 1. The van der Waals surface area contributed by atoms with Crippen molar-refractivity contribution >= 4 is 15.8 Å². The molecule has 0 unspecified atom stereocenters.